The van der Waals surface area contributed by atoms with E-state index in [4.69, 9.17) is 0 Å². The standard InChI is InChI=1S/C23H35N3O2/c1-18-6-8-20(9-7-18)10-14-26-17-21(15-22(26)27)23(28)24-11-4-13-25-12-3-5-19(2)16-25/h6-9,19,21H,3-5,10-17H2,1-2H3,(H,24,28). The molecule has 28 heavy (non-hydrogen) atoms. The van der Waals surface area contributed by atoms with E-state index in [0.717, 1.165) is 25.3 Å². The van der Waals surface area contributed by atoms with Gasteiger partial charge in [0.15, 0.2) is 0 Å². The Balaban J connectivity index is 1.34. The van der Waals surface area contributed by atoms with Crippen molar-refractivity contribution in [1.29, 1.82) is 0 Å². The molecule has 2 fully saturated rings. The third kappa shape index (κ3) is 6.06. The van der Waals surface area contributed by atoms with Crippen molar-refractivity contribution in [2.75, 3.05) is 39.3 Å². The molecule has 2 heterocycles. The fraction of sp³-hybridized carbons (Fsp3) is 0.652. The van der Waals surface area contributed by atoms with Gasteiger partial charge in [0.05, 0.1) is 5.92 Å². The van der Waals surface area contributed by atoms with Gasteiger partial charge in [-0.25, -0.2) is 0 Å². The van der Waals surface area contributed by atoms with Crippen molar-refractivity contribution in [2.24, 2.45) is 11.8 Å². The van der Waals surface area contributed by atoms with E-state index in [1.54, 1.807) is 0 Å². The third-order valence-electron chi connectivity index (χ3n) is 6.07. The van der Waals surface area contributed by atoms with E-state index in [9.17, 15) is 9.59 Å². The predicted molar refractivity (Wildman–Crippen MR) is 112 cm³/mol. The first-order valence-electron chi connectivity index (χ1n) is 10.8. The number of rotatable bonds is 8. The minimum absolute atomic E-state index is 0.0400. The molecule has 1 aromatic rings. The molecule has 2 aliphatic rings. The van der Waals surface area contributed by atoms with Crippen molar-refractivity contribution in [3.8, 4) is 0 Å². The second kappa shape index (κ2) is 10.1. The number of carbonyl (C=O) groups excluding carboxylic acids is 2. The normalized spacial score (nSPS) is 23.2. The maximum Gasteiger partial charge on any atom is 0.225 e. The molecule has 2 amide bonds. The predicted octanol–water partition coefficient (Wildman–Crippen LogP) is 2.62. The van der Waals surface area contributed by atoms with Crippen LogP contribution in [0, 0.1) is 18.8 Å². The highest BCUT2D eigenvalue weighted by atomic mass is 16.2. The lowest BCUT2D eigenvalue weighted by atomic mass is 10.0. The monoisotopic (exact) mass is 385 g/mol. The van der Waals surface area contributed by atoms with Crippen LogP contribution in [0.25, 0.3) is 0 Å². The van der Waals surface area contributed by atoms with E-state index in [1.807, 2.05) is 4.90 Å². The minimum atomic E-state index is -0.194. The van der Waals surface area contributed by atoms with Gasteiger partial charge >= 0.3 is 0 Å². The topological polar surface area (TPSA) is 52.7 Å². The summed E-state index contributed by atoms with van der Waals surface area (Å²) in [7, 11) is 0. The smallest absolute Gasteiger partial charge is 0.225 e. The Hall–Kier alpha value is -1.88. The van der Waals surface area contributed by atoms with E-state index in [1.165, 1.54) is 37.1 Å². The van der Waals surface area contributed by atoms with Gasteiger partial charge in [-0.3, -0.25) is 9.59 Å². The zero-order valence-electron chi connectivity index (χ0n) is 17.5. The fourth-order valence-corrected chi connectivity index (χ4v) is 4.33. The Bertz CT molecular complexity index is 658. The number of hydrogen-bond acceptors (Lipinski definition) is 3. The highest BCUT2D eigenvalue weighted by Gasteiger charge is 2.33. The van der Waals surface area contributed by atoms with Crippen LogP contribution in [-0.2, 0) is 16.0 Å². The molecule has 0 bridgehead atoms. The lowest BCUT2D eigenvalue weighted by Gasteiger charge is -2.30. The molecule has 5 heteroatoms. The minimum Gasteiger partial charge on any atom is -0.356 e. The van der Waals surface area contributed by atoms with Crippen LogP contribution in [0.4, 0.5) is 0 Å². The molecule has 154 valence electrons. The van der Waals surface area contributed by atoms with E-state index >= 15 is 0 Å². The van der Waals surface area contributed by atoms with Crippen molar-refractivity contribution in [3.05, 3.63) is 35.4 Å². The number of nitrogens with zero attached hydrogens (tertiary/aromatic N) is 2. The van der Waals surface area contributed by atoms with Gasteiger partial charge in [0.2, 0.25) is 11.8 Å². The zero-order chi connectivity index (χ0) is 19.9. The molecule has 3 rings (SSSR count). The molecule has 5 nitrogen and oxygen atoms in total. The Morgan fingerprint density at radius 3 is 2.71 bits per heavy atom. The zero-order valence-corrected chi connectivity index (χ0v) is 17.5. The number of piperidine rings is 1. The first-order valence-corrected chi connectivity index (χ1v) is 10.8. The Morgan fingerprint density at radius 2 is 1.96 bits per heavy atom. The highest BCUT2D eigenvalue weighted by molar-refractivity contribution is 5.89. The molecule has 2 atom stereocenters. The Kier molecular flexibility index (Phi) is 7.49. The molecule has 2 unspecified atom stereocenters. The Labute approximate surface area is 169 Å². The van der Waals surface area contributed by atoms with Gasteiger partial charge in [0.1, 0.15) is 0 Å². The van der Waals surface area contributed by atoms with Crippen molar-refractivity contribution >= 4 is 11.8 Å². The number of carbonyl (C=O) groups is 2. The van der Waals surface area contributed by atoms with Crippen LogP contribution in [-0.4, -0.2) is 60.9 Å². The van der Waals surface area contributed by atoms with Crippen LogP contribution in [0.15, 0.2) is 24.3 Å². The molecule has 0 aliphatic carbocycles. The SMILES string of the molecule is Cc1ccc(CCN2CC(C(=O)NCCCN3CCCC(C)C3)CC2=O)cc1. The molecule has 1 aromatic carbocycles. The first kappa shape index (κ1) is 20.8. The summed E-state index contributed by atoms with van der Waals surface area (Å²) < 4.78 is 0. The molecule has 0 radical (unpaired) electrons. The number of nitrogens with one attached hydrogen (secondary N) is 1. The molecule has 0 aromatic heterocycles. The third-order valence-corrected chi connectivity index (χ3v) is 6.07. The van der Waals surface area contributed by atoms with Crippen molar-refractivity contribution in [2.45, 2.75) is 46.0 Å². The second-order valence-electron chi connectivity index (χ2n) is 8.67. The molecule has 0 saturated carbocycles. The summed E-state index contributed by atoms with van der Waals surface area (Å²) in [4.78, 5) is 29.1. The van der Waals surface area contributed by atoms with Crippen molar-refractivity contribution in [1.82, 2.24) is 15.1 Å². The summed E-state index contributed by atoms with van der Waals surface area (Å²) in [6.45, 7) is 9.76. The van der Waals surface area contributed by atoms with E-state index < -0.39 is 0 Å². The van der Waals surface area contributed by atoms with Gasteiger partial charge in [-0.15, -0.1) is 0 Å². The molecular weight excluding hydrogens is 350 g/mol. The molecule has 0 spiro atoms. The van der Waals surface area contributed by atoms with Crippen molar-refractivity contribution < 1.29 is 9.59 Å². The number of benzene rings is 1. The van der Waals surface area contributed by atoms with Gasteiger partial charge in [0, 0.05) is 32.6 Å². The van der Waals surface area contributed by atoms with Gasteiger partial charge in [0.25, 0.3) is 0 Å². The average Bonchev–Trinajstić information content (AvgIpc) is 3.05. The largest absolute Gasteiger partial charge is 0.356 e. The van der Waals surface area contributed by atoms with Crippen LogP contribution < -0.4 is 5.32 Å². The lowest BCUT2D eigenvalue weighted by molar-refractivity contribution is -0.129. The van der Waals surface area contributed by atoms with E-state index in [0.29, 0.717) is 26.1 Å². The Morgan fingerprint density at radius 1 is 1.18 bits per heavy atom. The van der Waals surface area contributed by atoms with E-state index in [2.05, 4.69) is 48.3 Å². The number of hydrogen-bond donors (Lipinski definition) is 1. The molecular formula is C23H35N3O2. The maximum atomic E-state index is 12.4. The van der Waals surface area contributed by atoms with Gasteiger partial charge < -0.3 is 15.1 Å². The first-order chi connectivity index (χ1) is 13.5. The van der Waals surface area contributed by atoms with E-state index in [-0.39, 0.29) is 17.7 Å². The summed E-state index contributed by atoms with van der Waals surface area (Å²) in [6.07, 6.45) is 4.80. The molecule has 2 aliphatic heterocycles. The van der Waals surface area contributed by atoms with Gasteiger partial charge in [-0.05, 0) is 57.2 Å². The second-order valence-corrected chi connectivity index (χ2v) is 8.67. The van der Waals surface area contributed by atoms with Gasteiger partial charge in [-0.1, -0.05) is 36.8 Å². The average molecular weight is 386 g/mol. The van der Waals surface area contributed by atoms with Gasteiger partial charge in [-0.2, -0.15) is 0 Å². The summed E-state index contributed by atoms with van der Waals surface area (Å²) in [6, 6.07) is 8.43. The summed E-state index contributed by atoms with van der Waals surface area (Å²) in [5.41, 5.74) is 2.48. The van der Waals surface area contributed by atoms with Crippen LogP contribution in [0.3, 0.4) is 0 Å². The van der Waals surface area contributed by atoms with Crippen LogP contribution >= 0.6 is 0 Å². The van der Waals surface area contributed by atoms with Crippen LogP contribution in [0.5, 0.6) is 0 Å². The number of amides is 2. The fourth-order valence-electron chi connectivity index (χ4n) is 4.33. The van der Waals surface area contributed by atoms with Crippen LogP contribution in [0.1, 0.15) is 43.7 Å². The molecule has 2 saturated heterocycles. The van der Waals surface area contributed by atoms with Crippen molar-refractivity contribution in [3.63, 3.8) is 0 Å². The highest BCUT2D eigenvalue weighted by Crippen LogP contribution is 2.19. The van der Waals surface area contributed by atoms with Crippen LogP contribution in [0.2, 0.25) is 0 Å². The molecule has 1 N–H and O–H groups in total. The summed E-state index contributed by atoms with van der Waals surface area (Å²) >= 11 is 0. The summed E-state index contributed by atoms with van der Waals surface area (Å²) in [5.74, 6) is 0.743. The summed E-state index contributed by atoms with van der Waals surface area (Å²) in [5, 5.41) is 3.05. The number of likely N-dealkylation sites (tertiary alicyclic amines) is 2. The lowest BCUT2D eigenvalue weighted by Crippen LogP contribution is -2.38. The quantitative estimate of drug-likeness (QED) is 0.700. The number of aryl methyl sites for hydroxylation is 1. The maximum absolute atomic E-state index is 12.4.